The van der Waals surface area contributed by atoms with E-state index in [0.29, 0.717) is 11.1 Å². The van der Waals surface area contributed by atoms with Gasteiger partial charge in [-0.1, -0.05) is 36.4 Å². The SMILES string of the molecule is Cc1cc(-c2ccc(-c3ccc(C(=O)O)c(O)c3)cc2C)ccc1C(=O)O. The van der Waals surface area contributed by atoms with E-state index in [2.05, 4.69) is 0 Å². The summed E-state index contributed by atoms with van der Waals surface area (Å²) in [5.74, 6) is -2.40. The van der Waals surface area contributed by atoms with Gasteiger partial charge in [-0.05, 0) is 65.4 Å². The molecule has 5 nitrogen and oxygen atoms in total. The quantitative estimate of drug-likeness (QED) is 0.623. The summed E-state index contributed by atoms with van der Waals surface area (Å²) < 4.78 is 0. The van der Waals surface area contributed by atoms with Crippen molar-refractivity contribution in [2.24, 2.45) is 0 Å². The lowest BCUT2D eigenvalue weighted by Gasteiger charge is -2.11. The molecule has 0 aliphatic heterocycles. The fourth-order valence-corrected chi connectivity index (χ4v) is 3.13. The van der Waals surface area contributed by atoms with Crippen molar-refractivity contribution < 1.29 is 24.9 Å². The molecular weight excluding hydrogens is 344 g/mol. The van der Waals surface area contributed by atoms with Crippen LogP contribution in [0.15, 0.2) is 54.6 Å². The van der Waals surface area contributed by atoms with E-state index in [1.54, 1.807) is 25.1 Å². The highest BCUT2D eigenvalue weighted by atomic mass is 16.4. The van der Waals surface area contributed by atoms with Gasteiger partial charge in [0, 0.05) is 0 Å². The predicted molar refractivity (Wildman–Crippen MR) is 102 cm³/mol. The number of hydrogen-bond acceptors (Lipinski definition) is 3. The molecule has 3 aromatic carbocycles. The number of hydrogen-bond donors (Lipinski definition) is 3. The van der Waals surface area contributed by atoms with Crippen molar-refractivity contribution in [3.63, 3.8) is 0 Å². The van der Waals surface area contributed by atoms with Gasteiger partial charge in [0.15, 0.2) is 0 Å². The molecule has 0 spiro atoms. The Balaban J connectivity index is 1.99. The molecule has 27 heavy (non-hydrogen) atoms. The Bertz CT molecular complexity index is 1070. The van der Waals surface area contributed by atoms with Crippen molar-refractivity contribution in [2.45, 2.75) is 13.8 Å². The van der Waals surface area contributed by atoms with Gasteiger partial charge in [0.25, 0.3) is 0 Å². The first kappa shape index (κ1) is 18.2. The van der Waals surface area contributed by atoms with Gasteiger partial charge in [-0.3, -0.25) is 0 Å². The van der Waals surface area contributed by atoms with Crippen LogP contribution in [0, 0.1) is 13.8 Å². The average Bonchev–Trinajstić information content (AvgIpc) is 2.60. The standard InChI is InChI=1S/C22H18O5/c1-12-9-14(15-4-8-19(22(26)27)20(23)11-15)3-6-17(12)16-5-7-18(21(24)25)13(2)10-16/h3-11,23H,1-2H3,(H,24,25)(H,26,27). The van der Waals surface area contributed by atoms with Crippen LogP contribution < -0.4 is 0 Å². The van der Waals surface area contributed by atoms with E-state index in [9.17, 15) is 14.7 Å². The fourth-order valence-electron chi connectivity index (χ4n) is 3.13. The molecule has 0 atom stereocenters. The summed E-state index contributed by atoms with van der Waals surface area (Å²) >= 11 is 0. The smallest absolute Gasteiger partial charge is 0.339 e. The second-order valence-corrected chi connectivity index (χ2v) is 6.40. The molecular formula is C22H18O5. The molecule has 0 saturated carbocycles. The normalized spacial score (nSPS) is 10.6. The molecule has 0 saturated heterocycles. The van der Waals surface area contributed by atoms with Crippen molar-refractivity contribution >= 4 is 11.9 Å². The van der Waals surface area contributed by atoms with Crippen LogP contribution in [-0.2, 0) is 0 Å². The molecule has 0 aliphatic carbocycles. The van der Waals surface area contributed by atoms with Crippen LogP contribution in [0.1, 0.15) is 31.8 Å². The van der Waals surface area contributed by atoms with Crippen molar-refractivity contribution in [1.29, 1.82) is 0 Å². The minimum Gasteiger partial charge on any atom is -0.507 e. The van der Waals surface area contributed by atoms with E-state index in [1.165, 1.54) is 12.1 Å². The van der Waals surface area contributed by atoms with Gasteiger partial charge in [0.1, 0.15) is 11.3 Å². The Morgan fingerprint density at radius 3 is 1.74 bits per heavy atom. The summed E-state index contributed by atoms with van der Waals surface area (Å²) in [5.41, 5.74) is 5.28. The van der Waals surface area contributed by atoms with E-state index in [4.69, 9.17) is 10.2 Å². The zero-order valence-corrected chi connectivity index (χ0v) is 14.9. The zero-order chi connectivity index (χ0) is 19.7. The molecule has 5 heteroatoms. The molecule has 136 valence electrons. The Morgan fingerprint density at radius 2 is 1.19 bits per heavy atom. The summed E-state index contributed by atoms with van der Waals surface area (Å²) in [4.78, 5) is 22.2. The second kappa shape index (κ2) is 6.96. The van der Waals surface area contributed by atoms with Gasteiger partial charge >= 0.3 is 11.9 Å². The number of carboxylic acids is 2. The van der Waals surface area contributed by atoms with Crippen molar-refractivity contribution in [3.05, 3.63) is 76.9 Å². The number of aromatic carboxylic acids is 2. The van der Waals surface area contributed by atoms with E-state index in [0.717, 1.165) is 22.3 Å². The topological polar surface area (TPSA) is 94.8 Å². The first-order valence-corrected chi connectivity index (χ1v) is 8.29. The minimum absolute atomic E-state index is 0.138. The van der Waals surface area contributed by atoms with Crippen LogP contribution in [0.2, 0.25) is 0 Å². The molecule has 0 fully saturated rings. The molecule has 0 unspecified atom stereocenters. The van der Waals surface area contributed by atoms with Crippen LogP contribution in [0.3, 0.4) is 0 Å². The zero-order valence-electron chi connectivity index (χ0n) is 14.9. The maximum atomic E-state index is 11.2. The maximum absolute atomic E-state index is 11.2. The van der Waals surface area contributed by atoms with Crippen molar-refractivity contribution in [1.82, 2.24) is 0 Å². The summed E-state index contributed by atoms with van der Waals surface area (Å²) in [6.07, 6.45) is 0. The third-order valence-corrected chi connectivity index (χ3v) is 4.56. The fraction of sp³-hybridized carbons (Fsp3) is 0.0909. The molecule has 3 rings (SSSR count). The average molecular weight is 362 g/mol. The van der Waals surface area contributed by atoms with Gasteiger partial charge in [-0.15, -0.1) is 0 Å². The largest absolute Gasteiger partial charge is 0.507 e. The predicted octanol–water partition coefficient (Wildman–Crippen LogP) is 4.74. The Morgan fingerprint density at radius 1 is 0.667 bits per heavy atom. The van der Waals surface area contributed by atoms with E-state index in [1.807, 2.05) is 31.2 Å². The monoisotopic (exact) mass is 362 g/mol. The van der Waals surface area contributed by atoms with Gasteiger partial charge < -0.3 is 15.3 Å². The molecule has 0 bridgehead atoms. The van der Waals surface area contributed by atoms with Crippen LogP contribution >= 0.6 is 0 Å². The first-order valence-electron chi connectivity index (χ1n) is 8.29. The van der Waals surface area contributed by atoms with Crippen LogP contribution in [0.4, 0.5) is 0 Å². The lowest BCUT2D eigenvalue weighted by molar-refractivity contribution is 0.0683. The number of carboxylic acid groups (broad SMARTS) is 2. The summed E-state index contributed by atoms with van der Waals surface area (Å²) in [7, 11) is 0. The highest BCUT2D eigenvalue weighted by molar-refractivity contribution is 5.92. The number of aromatic hydroxyl groups is 1. The first-order chi connectivity index (χ1) is 12.8. The highest BCUT2D eigenvalue weighted by Crippen LogP contribution is 2.32. The summed E-state index contributed by atoms with van der Waals surface area (Å²) in [6.45, 7) is 3.72. The van der Waals surface area contributed by atoms with Crippen LogP contribution in [-0.4, -0.2) is 27.3 Å². The third kappa shape index (κ3) is 3.53. The number of aryl methyl sites for hydroxylation is 2. The second-order valence-electron chi connectivity index (χ2n) is 6.40. The lowest BCUT2D eigenvalue weighted by atomic mass is 9.93. The van der Waals surface area contributed by atoms with Crippen LogP contribution in [0.5, 0.6) is 5.75 Å². The molecule has 0 aliphatic rings. The number of carbonyl (C=O) groups is 2. The molecule has 0 amide bonds. The van der Waals surface area contributed by atoms with Crippen molar-refractivity contribution in [3.8, 4) is 28.0 Å². The Kier molecular flexibility index (Phi) is 4.69. The Hall–Kier alpha value is -3.60. The van der Waals surface area contributed by atoms with E-state index < -0.39 is 11.9 Å². The highest BCUT2D eigenvalue weighted by Gasteiger charge is 2.12. The lowest BCUT2D eigenvalue weighted by Crippen LogP contribution is -1.99. The van der Waals surface area contributed by atoms with Gasteiger partial charge in [0.05, 0.1) is 5.56 Å². The van der Waals surface area contributed by atoms with Crippen LogP contribution in [0.25, 0.3) is 22.3 Å². The molecule has 0 radical (unpaired) electrons. The van der Waals surface area contributed by atoms with Gasteiger partial charge in [0.2, 0.25) is 0 Å². The summed E-state index contributed by atoms with van der Waals surface area (Å²) in [6, 6.07) is 15.5. The van der Waals surface area contributed by atoms with E-state index >= 15 is 0 Å². The van der Waals surface area contributed by atoms with E-state index in [-0.39, 0.29) is 16.9 Å². The molecule has 3 aromatic rings. The molecule has 3 N–H and O–H groups in total. The number of rotatable bonds is 4. The molecule has 0 heterocycles. The van der Waals surface area contributed by atoms with Crippen molar-refractivity contribution in [2.75, 3.05) is 0 Å². The third-order valence-electron chi connectivity index (χ3n) is 4.56. The minimum atomic E-state index is -1.18. The van der Waals surface area contributed by atoms with Gasteiger partial charge in [-0.25, -0.2) is 9.59 Å². The maximum Gasteiger partial charge on any atom is 0.339 e. The molecule has 0 aromatic heterocycles. The Labute approximate surface area is 156 Å². The number of phenols is 1. The number of benzene rings is 3. The van der Waals surface area contributed by atoms with Gasteiger partial charge in [-0.2, -0.15) is 0 Å². The summed E-state index contributed by atoms with van der Waals surface area (Å²) in [5, 5.41) is 28.1.